The van der Waals surface area contributed by atoms with Gasteiger partial charge in [0.2, 0.25) is 5.91 Å². The predicted molar refractivity (Wildman–Crippen MR) is 95.6 cm³/mol. The lowest BCUT2D eigenvalue weighted by atomic mass is 9.77. The van der Waals surface area contributed by atoms with E-state index in [0.717, 1.165) is 41.5 Å². The lowest BCUT2D eigenvalue weighted by Crippen LogP contribution is -2.54. The largest absolute Gasteiger partial charge is 0.338 e. The van der Waals surface area contributed by atoms with Gasteiger partial charge in [0.1, 0.15) is 5.78 Å². The van der Waals surface area contributed by atoms with Crippen LogP contribution in [-0.4, -0.2) is 39.0 Å². The minimum absolute atomic E-state index is 0.0754. The zero-order chi connectivity index (χ0) is 17.4. The quantitative estimate of drug-likeness (QED) is 0.788. The highest BCUT2D eigenvalue weighted by Crippen LogP contribution is 2.34. The van der Waals surface area contributed by atoms with Crippen molar-refractivity contribution in [3.63, 3.8) is 0 Å². The molecule has 1 aliphatic carbocycles. The van der Waals surface area contributed by atoms with Crippen LogP contribution in [-0.2, 0) is 16.1 Å². The van der Waals surface area contributed by atoms with Crippen molar-refractivity contribution >= 4 is 27.6 Å². The van der Waals surface area contributed by atoms with Gasteiger partial charge in [-0.15, -0.1) is 0 Å². The standard InChI is InChI=1S/C18H26BrN3O2/c1-11(10-22-13(3)17(19)12(2)20-22)18(24)21-9-8-16(23)14-6-4-5-7-15(14)21/h11,14-15H,4-10H2,1-3H3/t11-,14-,15-/m0/s1. The molecule has 0 radical (unpaired) electrons. The highest BCUT2D eigenvalue weighted by atomic mass is 79.9. The molecule has 0 N–H and O–H groups in total. The second-order valence-corrected chi connectivity index (χ2v) is 8.07. The van der Waals surface area contributed by atoms with Crippen molar-refractivity contribution < 1.29 is 9.59 Å². The van der Waals surface area contributed by atoms with Crippen LogP contribution in [0.2, 0.25) is 0 Å². The van der Waals surface area contributed by atoms with Crippen LogP contribution in [0.1, 0.15) is 50.4 Å². The molecule has 1 saturated heterocycles. The highest BCUT2D eigenvalue weighted by molar-refractivity contribution is 9.10. The lowest BCUT2D eigenvalue weighted by molar-refractivity contribution is -0.146. The molecule has 1 amide bonds. The molecule has 0 bridgehead atoms. The van der Waals surface area contributed by atoms with Gasteiger partial charge in [0.15, 0.2) is 0 Å². The molecule has 1 aromatic rings. The number of ketones is 1. The molecule has 0 aromatic carbocycles. The fourth-order valence-corrected chi connectivity index (χ4v) is 4.47. The number of amides is 1. The fourth-order valence-electron chi connectivity index (χ4n) is 4.19. The van der Waals surface area contributed by atoms with Crippen LogP contribution in [0.25, 0.3) is 0 Å². The van der Waals surface area contributed by atoms with Gasteiger partial charge in [-0.1, -0.05) is 19.8 Å². The van der Waals surface area contributed by atoms with E-state index in [-0.39, 0.29) is 23.8 Å². The molecule has 2 aliphatic rings. The topological polar surface area (TPSA) is 55.2 Å². The van der Waals surface area contributed by atoms with Crippen molar-refractivity contribution in [2.45, 2.75) is 65.5 Å². The molecule has 132 valence electrons. The number of halogens is 1. The highest BCUT2D eigenvalue weighted by Gasteiger charge is 2.41. The maximum atomic E-state index is 13.0. The Labute approximate surface area is 151 Å². The number of Topliss-reactive ketones (excluding diaryl/α,β-unsaturated/α-hetero) is 1. The maximum Gasteiger partial charge on any atom is 0.227 e. The summed E-state index contributed by atoms with van der Waals surface area (Å²) in [6.07, 6.45) is 4.68. The smallest absolute Gasteiger partial charge is 0.227 e. The van der Waals surface area contributed by atoms with Gasteiger partial charge < -0.3 is 4.90 Å². The van der Waals surface area contributed by atoms with Crippen LogP contribution >= 0.6 is 15.9 Å². The van der Waals surface area contributed by atoms with Crippen molar-refractivity contribution in [3.8, 4) is 0 Å². The van der Waals surface area contributed by atoms with Crippen LogP contribution in [0.5, 0.6) is 0 Å². The zero-order valence-corrected chi connectivity index (χ0v) is 16.3. The first kappa shape index (κ1) is 17.6. The first-order chi connectivity index (χ1) is 11.4. The van der Waals surface area contributed by atoms with Gasteiger partial charge in [-0.05, 0) is 42.6 Å². The van der Waals surface area contributed by atoms with E-state index in [0.29, 0.717) is 25.3 Å². The average Bonchev–Trinajstić information content (AvgIpc) is 2.82. The normalized spacial score (nSPS) is 25.5. The van der Waals surface area contributed by atoms with E-state index < -0.39 is 0 Å². The Morgan fingerprint density at radius 3 is 2.71 bits per heavy atom. The summed E-state index contributed by atoms with van der Waals surface area (Å²) in [5, 5.41) is 4.52. The van der Waals surface area contributed by atoms with Crippen LogP contribution in [0, 0.1) is 25.7 Å². The number of hydrogen-bond donors (Lipinski definition) is 0. The summed E-state index contributed by atoms with van der Waals surface area (Å²) in [5.41, 5.74) is 2.00. The van der Waals surface area contributed by atoms with E-state index in [1.165, 1.54) is 0 Å². The van der Waals surface area contributed by atoms with Gasteiger partial charge in [-0.25, -0.2) is 0 Å². The predicted octanol–water partition coefficient (Wildman–Crippen LogP) is 3.26. The van der Waals surface area contributed by atoms with E-state index in [9.17, 15) is 9.59 Å². The Balaban J connectivity index is 1.72. The van der Waals surface area contributed by atoms with Crippen molar-refractivity contribution in [2.24, 2.45) is 11.8 Å². The number of fused-ring (bicyclic) bond motifs is 1. The molecule has 1 aliphatic heterocycles. The molecule has 5 nitrogen and oxygen atoms in total. The second-order valence-electron chi connectivity index (χ2n) is 7.27. The van der Waals surface area contributed by atoms with Gasteiger partial charge in [0, 0.05) is 30.6 Å². The minimum Gasteiger partial charge on any atom is -0.338 e. The molecule has 0 spiro atoms. The van der Waals surface area contributed by atoms with Crippen molar-refractivity contribution in [1.29, 1.82) is 0 Å². The number of piperidine rings is 1. The Bertz CT molecular complexity index is 655. The van der Waals surface area contributed by atoms with E-state index >= 15 is 0 Å². The zero-order valence-electron chi connectivity index (χ0n) is 14.7. The lowest BCUT2D eigenvalue weighted by Gasteiger charge is -2.44. The number of aryl methyl sites for hydroxylation is 1. The SMILES string of the molecule is Cc1nn(C[C@H](C)C(=O)N2CCC(=O)[C@H]3CCCC[C@@H]32)c(C)c1Br. The number of likely N-dealkylation sites (tertiary alicyclic amines) is 1. The molecule has 24 heavy (non-hydrogen) atoms. The molecule has 1 saturated carbocycles. The summed E-state index contributed by atoms with van der Waals surface area (Å²) in [7, 11) is 0. The first-order valence-electron chi connectivity index (χ1n) is 8.93. The third-order valence-corrected chi connectivity index (χ3v) is 6.73. The first-order valence-corrected chi connectivity index (χ1v) is 9.72. The summed E-state index contributed by atoms with van der Waals surface area (Å²) in [5.74, 6) is 0.471. The van der Waals surface area contributed by atoms with E-state index in [1.54, 1.807) is 0 Å². The van der Waals surface area contributed by atoms with Gasteiger partial charge >= 0.3 is 0 Å². The van der Waals surface area contributed by atoms with Crippen LogP contribution in [0.4, 0.5) is 0 Å². The minimum atomic E-state index is -0.134. The van der Waals surface area contributed by atoms with Crippen molar-refractivity contribution in [1.82, 2.24) is 14.7 Å². The second kappa shape index (κ2) is 6.98. The van der Waals surface area contributed by atoms with E-state index in [2.05, 4.69) is 21.0 Å². The molecular formula is C18H26BrN3O2. The number of rotatable bonds is 3. The molecule has 1 aromatic heterocycles. The third-order valence-electron chi connectivity index (χ3n) is 5.59. The number of carbonyl (C=O) groups excluding carboxylic acids is 2. The summed E-state index contributed by atoms with van der Waals surface area (Å²) in [4.78, 5) is 27.2. The van der Waals surface area contributed by atoms with E-state index in [4.69, 9.17) is 0 Å². The molecule has 0 unspecified atom stereocenters. The Kier molecular flexibility index (Phi) is 5.13. The van der Waals surface area contributed by atoms with Gasteiger partial charge in [0.25, 0.3) is 0 Å². The molecule has 2 fully saturated rings. The summed E-state index contributed by atoms with van der Waals surface area (Å²) >= 11 is 3.54. The number of carbonyl (C=O) groups is 2. The monoisotopic (exact) mass is 395 g/mol. The number of aromatic nitrogens is 2. The number of hydrogen-bond acceptors (Lipinski definition) is 3. The van der Waals surface area contributed by atoms with Crippen molar-refractivity contribution in [2.75, 3.05) is 6.54 Å². The van der Waals surface area contributed by atoms with Crippen LogP contribution in [0.3, 0.4) is 0 Å². The number of nitrogens with zero attached hydrogens (tertiary/aromatic N) is 3. The Morgan fingerprint density at radius 2 is 2.04 bits per heavy atom. The van der Waals surface area contributed by atoms with Gasteiger partial charge in [-0.3, -0.25) is 14.3 Å². The molecule has 3 rings (SSSR count). The summed E-state index contributed by atoms with van der Waals surface area (Å²) < 4.78 is 2.92. The molecule has 3 atom stereocenters. The fraction of sp³-hybridized carbons (Fsp3) is 0.722. The summed E-state index contributed by atoms with van der Waals surface area (Å²) in [6.45, 7) is 7.12. The van der Waals surface area contributed by atoms with Crippen LogP contribution in [0.15, 0.2) is 4.47 Å². The Hall–Kier alpha value is -1.17. The van der Waals surface area contributed by atoms with Crippen molar-refractivity contribution in [3.05, 3.63) is 15.9 Å². The third kappa shape index (κ3) is 3.17. The Morgan fingerprint density at radius 1 is 1.33 bits per heavy atom. The maximum absolute atomic E-state index is 13.0. The summed E-state index contributed by atoms with van der Waals surface area (Å²) in [6, 6.07) is 0.127. The molecule has 2 heterocycles. The van der Waals surface area contributed by atoms with E-state index in [1.807, 2.05) is 30.4 Å². The van der Waals surface area contributed by atoms with Gasteiger partial charge in [0.05, 0.1) is 22.6 Å². The average molecular weight is 396 g/mol. The molecular weight excluding hydrogens is 370 g/mol. The molecule has 6 heteroatoms. The van der Waals surface area contributed by atoms with Gasteiger partial charge in [-0.2, -0.15) is 5.10 Å². The van der Waals surface area contributed by atoms with Crippen LogP contribution < -0.4 is 0 Å².